The van der Waals surface area contributed by atoms with Gasteiger partial charge in [0.1, 0.15) is 16.7 Å². The van der Waals surface area contributed by atoms with Gasteiger partial charge in [0, 0.05) is 6.07 Å². The van der Waals surface area contributed by atoms with Gasteiger partial charge in [0.15, 0.2) is 22.5 Å². The Kier molecular flexibility index (Phi) is 3.75. The summed E-state index contributed by atoms with van der Waals surface area (Å²) in [7, 11) is 3.70. The Hall–Kier alpha value is -2.70. The van der Waals surface area contributed by atoms with Crippen LogP contribution in [0.2, 0.25) is 0 Å². The van der Waals surface area contributed by atoms with Gasteiger partial charge in [0.05, 0.1) is 21.3 Å². The summed E-state index contributed by atoms with van der Waals surface area (Å²) < 4.78 is 20.2. The van der Waals surface area contributed by atoms with Crippen molar-refractivity contribution in [3.63, 3.8) is 0 Å². The van der Waals surface area contributed by atoms with E-state index < -0.39 is 17.1 Å². The highest BCUT2D eigenvalue weighted by Gasteiger charge is 2.29. The third-order valence-electron chi connectivity index (χ3n) is 2.98. The van der Waals surface area contributed by atoms with Crippen molar-refractivity contribution in [1.29, 1.82) is 0 Å². The molecule has 0 saturated carbocycles. The average Bonchev–Trinajstić information content (AvgIpc) is 2.45. The number of carbonyl (C=O) groups is 1. The average molecular weight is 294 g/mol. The maximum absolute atomic E-state index is 12.2. The molecule has 0 fully saturated rings. The molecule has 0 spiro atoms. The summed E-state index contributed by atoms with van der Waals surface area (Å²) in [5.74, 6) is -1.29. The SMILES string of the molecule is COC(=O)c1c(O)c(OC)c2oc(C)cc(=O)c2c1OC. The third kappa shape index (κ3) is 2.16. The fourth-order valence-electron chi connectivity index (χ4n) is 2.12. The fraction of sp³-hybridized carbons (Fsp3) is 0.286. The number of phenolic OH excluding ortho intramolecular Hbond substituents is 1. The number of ether oxygens (including phenoxy) is 3. The largest absolute Gasteiger partial charge is 0.503 e. The Bertz CT molecular complexity index is 773. The molecule has 0 aliphatic rings. The van der Waals surface area contributed by atoms with Gasteiger partial charge in [-0.1, -0.05) is 0 Å². The van der Waals surface area contributed by atoms with Gasteiger partial charge >= 0.3 is 5.97 Å². The van der Waals surface area contributed by atoms with Gasteiger partial charge in [-0.15, -0.1) is 0 Å². The minimum absolute atomic E-state index is 0.00171. The number of fused-ring (bicyclic) bond motifs is 1. The van der Waals surface area contributed by atoms with E-state index >= 15 is 0 Å². The van der Waals surface area contributed by atoms with Gasteiger partial charge in [0.2, 0.25) is 5.75 Å². The first-order valence-electron chi connectivity index (χ1n) is 5.95. The van der Waals surface area contributed by atoms with E-state index in [1.807, 2.05) is 0 Å². The molecule has 0 saturated heterocycles. The summed E-state index contributed by atoms with van der Waals surface area (Å²) >= 11 is 0. The lowest BCUT2D eigenvalue weighted by molar-refractivity contribution is 0.0593. The number of aromatic hydroxyl groups is 1. The van der Waals surface area contributed by atoms with Crippen LogP contribution in [-0.2, 0) is 4.74 Å². The molecule has 0 bridgehead atoms. The van der Waals surface area contributed by atoms with Crippen molar-refractivity contribution < 1.29 is 28.5 Å². The van der Waals surface area contributed by atoms with Crippen LogP contribution < -0.4 is 14.9 Å². The number of esters is 1. The Morgan fingerprint density at radius 3 is 2.33 bits per heavy atom. The lowest BCUT2D eigenvalue weighted by Crippen LogP contribution is -2.10. The molecular weight excluding hydrogens is 280 g/mol. The molecular formula is C14H14O7. The van der Waals surface area contributed by atoms with E-state index in [2.05, 4.69) is 4.74 Å². The van der Waals surface area contributed by atoms with E-state index in [0.717, 1.165) is 7.11 Å². The molecule has 2 aromatic rings. The van der Waals surface area contributed by atoms with Gasteiger partial charge in [-0.3, -0.25) is 4.79 Å². The highest BCUT2D eigenvalue weighted by molar-refractivity contribution is 6.05. The van der Waals surface area contributed by atoms with Crippen LogP contribution in [0, 0.1) is 6.92 Å². The maximum atomic E-state index is 12.2. The number of hydrogen-bond acceptors (Lipinski definition) is 7. The lowest BCUT2D eigenvalue weighted by atomic mass is 10.1. The summed E-state index contributed by atoms with van der Waals surface area (Å²) in [5, 5.41) is 10.2. The number of carbonyl (C=O) groups excluding carboxylic acids is 1. The molecule has 0 atom stereocenters. The van der Waals surface area contributed by atoms with Crippen molar-refractivity contribution in [2.75, 3.05) is 21.3 Å². The van der Waals surface area contributed by atoms with Crippen LogP contribution in [0.15, 0.2) is 15.3 Å². The van der Waals surface area contributed by atoms with Crippen molar-refractivity contribution in [3.05, 3.63) is 27.6 Å². The summed E-state index contributed by atoms with van der Waals surface area (Å²) in [6, 6.07) is 1.25. The Morgan fingerprint density at radius 1 is 1.19 bits per heavy atom. The zero-order valence-electron chi connectivity index (χ0n) is 12.0. The second-order valence-corrected chi connectivity index (χ2v) is 4.21. The van der Waals surface area contributed by atoms with Crippen LogP contribution in [0.5, 0.6) is 17.2 Å². The molecule has 1 N–H and O–H groups in total. The van der Waals surface area contributed by atoms with Crippen LogP contribution >= 0.6 is 0 Å². The predicted molar refractivity (Wildman–Crippen MR) is 73.3 cm³/mol. The highest BCUT2D eigenvalue weighted by atomic mass is 16.5. The van der Waals surface area contributed by atoms with Crippen molar-refractivity contribution in [2.45, 2.75) is 6.92 Å². The van der Waals surface area contributed by atoms with Gasteiger partial charge in [-0.05, 0) is 6.92 Å². The predicted octanol–water partition coefficient (Wildman–Crippen LogP) is 1.61. The Labute approximate surface area is 119 Å². The number of phenols is 1. The molecule has 0 amide bonds. The van der Waals surface area contributed by atoms with Crippen LogP contribution in [0.4, 0.5) is 0 Å². The van der Waals surface area contributed by atoms with Gasteiger partial charge < -0.3 is 23.7 Å². The first kappa shape index (κ1) is 14.7. The van der Waals surface area contributed by atoms with E-state index in [9.17, 15) is 14.7 Å². The van der Waals surface area contributed by atoms with Crippen molar-refractivity contribution in [1.82, 2.24) is 0 Å². The molecule has 7 nitrogen and oxygen atoms in total. The van der Waals surface area contributed by atoms with E-state index in [1.165, 1.54) is 20.3 Å². The molecule has 1 heterocycles. The quantitative estimate of drug-likeness (QED) is 0.859. The van der Waals surface area contributed by atoms with Gasteiger partial charge in [-0.2, -0.15) is 0 Å². The summed E-state index contributed by atoms with van der Waals surface area (Å²) in [6.45, 7) is 1.58. The molecule has 0 radical (unpaired) electrons. The molecule has 2 rings (SSSR count). The van der Waals surface area contributed by atoms with Crippen LogP contribution in [0.25, 0.3) is 11.0 Å². The zero-order valence-corrected chi connectivity index (χ0v) is 12.0. The smallest absolute Gasteiger partial charge is 0.345 e. The fourth-order valence-corrected chi connectivity index (χ4v) is 2.12. The molecule has 1 aromatic heterocycles. The lowest BCUT2D eigenvalue weighted by Gasteiger charge is -2.15. The minimum Gasteiger partial charge on any atom is -0.503 e. The molecule has 21 heavy (non-hydrogen) atoms. The molecule has 0 unspecified atom stereocenters. The monoisotopic (exact) mass is 294 g/mol. The van der Waals surface area contributed by atoms with E-state index in [1.54, 1.807) is 6.92 Å². The van der Waals surface area contributed by atoms with Gasteiger partial charge in [-0.25, -0.2) is 4.79 Å². The van der Waals surface area contributed by atoms with Crippen LogP contribution in [0.1, 0.15) is 16.1 Å². The summed E-state index contributed by atoms with van der Waals surface area (Å²) in [5.41, 5.74) is -0.709. The minimum atomic E-state index is -0.857. The van der Waals surface area contributed by atoms with Crippen molar-refractivity contribution in [2.24, 2.45) is 0 Å². The standard InChI is InChI=1S/C14H14O7/c1-6-5-7(15)8-11(18-2)9(14(17)20-4)10(16)13(19-3)12(8)21-6/h5,16H,1-4H3. The third-order valence-corrected chi connectivity index (χ3v) is 2.98. The number of rotatable bonds is 3. The first-order valence-corrected chi connectivity index (χ1v) is 5.95. The van der Waals surface area contributed by atoms with E-state index in [4.69, 9.17) is 13.9 Å². The number of methoxy groups -OCH3 is 3. The normalized spacial score (nSPS) is 10.5. The van der Waals surface area contributed by atoms with E-state index in [0.29, 0.717) is 5.76 Å². The Morgan fingerprint density at radius 2 is 1.81 bits per heavy atom. The second-order valence-electron chi connectivity index (χ2n) is 4.21. The number of benzene rings is 1. The van der Waals surface area contributed by atoms with Crippen LogP contribution in [-0.4, -0.2) is 32.4 Å². The molecule has 0 aliphatic heterocycles. The zero-order chi connectivity index (χ0) is 15.7. The van der Waals surface area contributed by atoms with Crippen molar-refractivity contribution in [3.8, 4) is 17.2 Å². The molecule has 0 aliphatic carbocycles. The van der Waals surface area contributed by atoms with E-state index in [-0.39, 0.29) is 28.0 Å². The molecule has 112 valence electrons. The Balaban J connectivity index is 3.10. The number of aryl methyl sites for hydroxylation is 1. The topological polar surface area (TPSA) is 95.2 Å². The maximum Gasteiger partial charge on any atom is 0.345 e. The summed E-state index contributed by atoms with van der Waals surface area (Å²) in [6.07, 6.45) is 0. The van der Waals surface area contributed by atoms with Crippen molar-refractivity contribution >= 4 is 16.9 Å². The van der Waals surface area contributed by atoms with Crippen LogP contribution in [0.3, 0.4) is 0 Å². The second kappa shape index (κ2) is 5.35. The molecule has 1 aromatic carbocycles. The first-order chi connectivity index (χ1) is 9.96. The summed E-state index contributed by atoms with van der Waals surface area (Å²) in [4.78, 5) is 24.0. The van der Waals surface area contributed by atoms with Gasteiger partial charge in [0.25, 0.3) is 0 Å². The molecule has 7 heteroatoms. The highest BCUT2D eigenvalue weighted by Crippen LogP contribution is 2.44. The number of hydrogen-bond donors (Lipinski definition) is 1.